The lowest BCUT2D eigenvalue weighted by Gasteiger charge is -2.39. The number of carbonyl (C=O) groups is 2. The number of carbonyl (C=O) groups excluding carboxylic acids is 2. The van der Waals surface area contributed by atoms with E-state index in [0.717, 1.165) is 5.56 Å². The average molecular weight is 382 g/mol. The fraction of sp³-hybridized carbons (Fsp3) is 0.300. The Bertz CT molecular complexity index is 892. The van der Waals surface area contributed by atoms with Crippen LogP contribution in [0, 0.1) is 10.1 Å². The third-order valence-corrected chi connectivity index (χ3v) is 4.98. The van der Waals surface area contributed by atoms with Crippen LogP contribution in [0.15, 0.2) is 48.5 Å². The summed E-state index contributed by atoms with van der Waals surface area (Å²) in [6.45, 7) is 3.47. The minimum atomic E-state index is -0.529. The van der Waals surface area contributed by atoms with Crippen molar-refractivity contribution in [2.24, 2.45) is 5.73 Å². The second kappa shape index (κ2) is 8.18. The highest BCUT2D eigenvalue weighted by Gasteiger charge is 2.31. The molecule has 2 aromatic rings. The number of piperazine rings is 1. The van der Waals surface area contributed by atoms with E-state index in [1.54, 1.807) is 12.1 Å². The number of Topliss-reactive ketones (excluding diaryl/α,β-unsaturated/α-hetero) is 1. The standard InChI is InChI=1S/C20H22N4O4/c1-14(25)16-7-8-17(18(13-16)24(27)28)22-9-11-23(12-10-22)19(20(21)26)15-5-3-2-4-6-15/h2-8,13,19H,9-12H2,1H3,(H2,21,26). The molecule has 0 bridgehead atoms. The molecule has 1 heterocycles. The van der Waals surface area contributed by atoms with E-state index < -0.39 is 16.9 Å². The summed E-state index contributed by atoms with van der Waals surface area (Å²) in [6, 6.07) is 13.4. The number of primary amides is 1. The van der Waals surface area contributed by atoms with E-state index in [0.29, 0.717) is 37.4 Å². The predicted octanol–water partition coefficient (Wildman–Crippen LogP) is 2.15. The lowest BCUT2D eigenvalue weighted by molar-refractivity contribution is -0.384. The first kappa shape index (κ1) is 19.5. The van der Waals surface area contributed by atoms with Crippen LogP contribution in [0.4, 0.5) is 11.4 Å². The molecule has 3 rings (SSSR count). The molecule has 8 nitrogen and oxygen atoms in total. The van der Waals surface area contributed by atoms with Crippen molar-refractivity contribution in [3.63, 3.8) is 0 Å². The number of anilines is 1. The molecule has 1 saturated heterocycles. The third kappa shape index (κ3) is 4.01. The molecule has 2 N–H and O–H groups in total. The number of rotatable bonds is 6. The zero-order valence-corrected chi connectivity index (χ0v) is 15.6. The van der Waals surface area contributed by atoms with Crippen molar-refractivity contribution in [3.8, 4) is 0 Å². The van der Waals surface area contributed by atoms with Crippen molar-refractivity contribution in [3.05, 3.63) is 69.8 Å². The molecule has 1 amide bonds. The van der Waals surface area contributed by atoms with E-state index in [-0.39, 0.29) is 11.5 Å². The number of benzene rings is 2. The number of nitro groups is 1. The topological polar surface area (TPSA) is 110 Å². The van der Waals surface area contributed by atoms with E-state index in [2.05, 4.69) is 0 Å². The highest BCUT2D eigenvalue weighted by atomic mass is 16.6. The second-order valence-corrected chi connectivity index (χ2v) is 6.76. The van der Waals surface area contributed by atoms with Crippen molar-refractivity contribution in [2.75, 3.05) is 31.1 Å². The molecule has 146 valence electrons. The largest absolute Gasteiger partial charge is 0.368 e. The number of hydrogen-bond donors (Lipinski definition) is 1. The van der Waals surface area contributed by atoms with Gasteiger partial charge in [0.2, 0.25) is 5.91 Å². The Kier molecular flexibility index (Phi) is 5.70. The molecule has 0 aromatic heterocycles. The first-order valence-electron chi connectivity index (χ1n) is 9.01. The van der Waals surface area contributed by atoms with Gasteiger partial charge in [-0.3, -0.25) is 24.6 Å². The molecule has 0 aliphatic carbocycles. The van der Waals surface area contributed by atoms with E-state index in [1.165, 1.54) is 13.0 Å². The van der Waals surface area contributed by atoms with Crippen LogP contribution < -0.4 is 10.6 Å². The van der Waals surface area contributed by atoms with Gasteiger partial charge in [0.05, 0.1) is 4.92 Å². The molecule has 8 heteroatoms. The first-order chi connectivity index (χ1) is 13.4. The Morgan fingerprint density at radius 3 is 2.25 bits per heavy atom. The van der Waals surface area contributed by atoms with Gasteiger partial charge in [0.25, 0.3) is 5.69 Å². The molecule has 28 heavy (non-hydrogen) atoms. The Labute approximate surface area is 162 Å². The molecule has 1 aliphatic rings. The van der Waals surface area contributed by atoms with Crippen molar-refractivity contribution >= 4 is 23.1 Å². The van der Waals surface area contributed by atoms with Crippen LogP contribution >= 0.6 is 0 Å². The van der Waals surface area contributed by atoms with Gasteiger partial charge in [0.15, 0.2) is 5.78 Å². The lowest BCUT2D eigenvalue weighted by atomic mass is 10.0. The van der Waals surface area contributed by atoms with Crippen molar-refractivity contribution < 1.29 is 14.5 Å². The predicted molar refractivity (Wildman–Crippen MR) is 105 cm³/mol. The second-order valence-electron chi connectivity index (χ2n) is 6.76. The van der Waals surface area contributed by atoms with Crippen molar-refractivity contribution in [1.29, 1.82) is 0 Å². The van der Waals surface area contributed by atoms with Crippen LogP contribution in [0.2, 0.25) is 0 Å². The molecular weight excluding hydrogens is 360 g/mol. The maximum Gasteiger partial charge on any atom is 0.293 e. The molecule has 1 atom stereocenters. The molecule has 2 aromatic carbocycles. The van der Waals surface area contributed by atoms with Gasteiger partial charge in [-0.2, -0.15) is 0 Å². The van der Waals surface area contributed by atoms with Gasteiger partial charge in [-0.25, -0.2) is 0 Å². The molecule has 1 aliphatic heterocycles. The van der Waals surface area contributed by atoms with Crippen molar-refractivity contribution in [2.45, 2.75) is 13.0 Å². The fourth-order valence-corrected chi connectivity index (χ4v) is 3.57. The first-order valence-corrected chi connectivity index (χ1v) is 9.01. The Hall–Kier alpha value is -3.26. The summed E-state index contributed by atoms with van der Waals surface area (Å²) in [4.78, 5) is 38.5. The number of nitrogens with zero attached hydrogens (tertiary/aromatic N) is 3. The Balaban J connectivity index is 1.79. The summed E-state index contributed by atoms with van der Waals surface area (Å²) in [5.74, 6) is -0.636. The van der Waals surface area contributed by atoms with Gasteiger partial charge in [0.1, 0.15) is 11.7 Å². The van der Waals surface area contributed by atoms with Gasteiger partial charge in [-0.1, -0.05) is 30.3 Å². The monoisotopic (exact) mass is 382 g/mol. The minimum Gasteiger partial charge on any atom is -0.368 e. The summed E-state index contributed by atoms with van der Waals surface area (Å²) >= 11 is 0. The SMILES string of the molecule is CC(=O)c1ccc(N2CCN(C(C(N)=O)c3ccccc3)CC2)c([N+](=O)[O-])c1. The zero-order chi connectivity index (χ0) is 20.3. The van der Waals surface area contributed by atoms with Gasteiger partial charge in [0, 0.05) is 37.8 Å². The fourth-order valence-electron chi connectivity index (χ4n) is 3.57. The molecule has 0 radical (unpaired) electrons. The van der Waals surface area contributed by atoms with Crippen LogP contribution in [0.5, 0.6) is 0 Å². The van der Waals surface area contributed by atoms with Crippen LogP contribution in [0.1, 0.15) is 28.9 Å². The number of ketones is 1. The highest BCUT2D eigenvalue weighted by Crippen LogP contribution is 2.31. The lowest BCUT2D eigenvalue weighted by Crippen LogP contribution is -2.50. The van der Waals surface area contributed by atoms with Gasteiger partial charge in [-0.05, 0) is 24.6 Å². The number of amides is 1. The van der Waals surface area contributed by atoms with Crippen LogP contribution in [0.25, 0.3) is 0 Å². The highest BCUT2D eigenvalue weighted by molar-refractivity contribution is 5.95. The molecule has 0 spiro atoms. The van der Waals surface area contributed by atoms with Crippen LogP contribution in [-0.4, -0.2) is 47.7 Å². The number of hydrogen-bond acceptors (Lipinski definition) is 6. The Morgan fingerprint density at radius 1 is 1.07 bits per heavy atom. The van der Waals surface area contributed by atoms with Crippen LogP contribution in [-0.2, 0) is 4.79 Å². The van der Waals surface area contributed by atoms with E-state index in [9.17, 15) is 19.7 Å². The summed E-state index contributed by atoms with van der Waals surface area (Å²) in [7, 11) is 0. The minimum absolute atomic E-state index is 0.0874. The molecule has 1 fully saturated rings. The van der Waals surface area contributed by atoms with E-state index in [4.69, 9.17) is 5.73 Å². The quantitative estimate of drug-likeness (QED) is 0.466. The maximum atomic E-state index is 12.0. The molecule has 1 unspecified atom stereocenters. The Morgan fingerprint density at radius 2 is 1.71 bits per heavy atom. The van der Waals surface area contributed by atoms with Crippen LogP contribution in [0.3, 0.4) is 0 Å². The number of nitro benzene ring substituents is 1. The smallest absolute Gasteiger partial charge is 0.293 e. The molecular formula is C20H22N4O4. The average Bonchev–Trinajstić information content (AvgIpc) is 2.68. The zero-order valence-electron chi connectivity index (χ0n) is 15.6. The van der Waals surface area contributed by atoms with Gasteiger partial charge >= 0.3 is 0 Å². The van der Waals surface area contributed by atoms with E-state index >= 15 is 0 Å². The molecule has 0 saturated carbocycles. The normalized spacial score (nSPS) is 15.8. The summed E-state index contributed by atoms with van der Waals surface area (Å²) in [6.07, 6.45) is 0. The third-order valence-electron chi connectivity index (χ3n) is 4.98. The van der Waals surface area contributed by atoms with E-state index in [1.807, 2.05) is 40.1 Å². The summed E-state index contributed by atoms with van der Waals surface area (Å²) < 4.78 is 0. The van der Waals surface area contributed by atoms with Crippen molar-refractivity contribution in [1.82, 2.24) is 4.90 Å². The van der Waals surface area contributed by atoms with Gasteiger partial charge in [-0.15, -0.1) is 0 Å². The maximum absolute atomic E-state index is 12.0. The van der Waals surface area contributed by atoms with Gasteiger partial charge < -0.3 is 10.6 Å². The summed E-state index contributed by atoms with van der Waals surface area (Å²) in [5, 5.41) is 11.5. The number of nitrogens with two attached hydrogens (primary N) is 1. The summed E-state index contributed by atoms with van der Waals surface area (Å²) in [5.41, 5.74) is 7.17.